The number of phosphoric acid groups is 2. The van der Waals surface area contributed by atoms with Gasteiger partial charge in [-0.1, -0.05) is 0 Å². The number of aliphatic carboxylic acids is 6. The third-order valence-electron chi connectivity index (χ3n) is 5.32. The number of carboxylic acid groups (broad SMARTS) is 6. The minimum absolute atomic E-state index is 0. The van der Waals surface area contributed by atoms with Crippen molar-refractivity contribution in [2.24, 2.45) is 0 Å². The Kier molecular flexibility index (Phi) is 23.0. The van der Waals surface area contributed by atoms with E-state index in [0.717, 1.165) is 0 Å². The summed E-state index contributed by atoms with van der Waals surface area (Å²) in [5.74, 6) is -23.4. The Morgan fingerprint density at radius 3 is 0.963 bits per heavy atom. The maximum atomic E-state index is 13.3. The molecule has 0 heterocycles. The number of aliphatic hydroxyl groups is 4. The number of carbonyl (C=O) groups excluding carboxylic acids is 4. The molecule has 10 N–H and O–H groups in total. The van der Waals surface area contributed by atoms with E-state index in [0.29, 0.717) is 13.8 Å². The van der Waals surface area contributed by atoms with Crippen molar-refractivity contribution in [3.05, 3.63) is 0 Å². The molecule has 0 amide bonds. The molecule has 0 radical (unpaired) electrons. The molecule has 0 fully saturated rings. The van der Waals surface area contributed by atoms with E-state index in [2.05, 4.69) is 27.1 Å². The van der Waals surface area contributed by atoms with Crippen LogP contribution in [0.3, 0.4) is 0 Å². The summed E-state index contributed by atoms with van der Waals surface area (Å²) >= 11 is 0. The summed E-state index contributed by atoms with van der Waals surface area (Å²) in [6, 6.07) is 0. The molecule has 8 atom stereocenters. The standard InChI is InChI=1S/C22H28O28P2.2Na.2H/c1-7(23)17(35)49-51(43,45-11(29)5-21(41,19(37)38)3-9(25)26)47-13(15(31)32)14(16(33)34)48-52(44,50-18(36)8(2)24)46-12(30)6-22(42,20(39)40)4-10(27)28;;;;/h7-8,13-14,23-24,41-42H,3-6H2,1-2H3,(H,25,26)(H,27,28)(H,31,32)(H,33,34)(H,37,38)(H,39,40);;;;. The number of hydrogen-bond donors (Lipinski definition) is 10. The van der Waals surface area contributed by atoms with E-state index in [9.17, 15) is 87.7 Å². The fraction of sp³-hybridized carbons (Fsp3) is 0.545. The molecule has 0 spiro atoms. The van der Waals surface area contributed by atoms with Crippen LogP contribution < -0.4 is 0 Å². The van der Waals surface area contributed by atoms with Gasteiger partial charge in [-0.05, 0) is 13.8 Å². The molecule has 0 aromatic rings. The summed E-state index contributed by atoms with van der Waals surface area (Å²) in [7, 11) is -12.9. The zero-order chi connectivity index (χ0) is 41.2. The predicted molar refractivity (Wildman–Crippen MR) is 161 cm³/mol. The van der Waals surface area contributed by atoms with Crippen LogP contribution in [0.15, 0.2) is 0 Å². The maximum absolute atomic E-state index is 13.3. The second kappa shape index (κ2) is 22.5. The third-order valence-corrected chi connectivity index (χ3v) is 7.95. The molecular weight excluding hydrogens is 820 g/mol. The number of phosphoric ester groups is 2. The summed E-state index contributed by atoms with van der Waals surface area (Å²) in [6.45, 7) is 1.15. The SMILES string of the molecule is CC(O)C(=O)OP(=O)(OC(=O)CC(O)(CC(=O)O)C(=O)O)OC(C(=O)O)C(OP(=O)(OC(=O)CC(O)(CC(=O)O)C(=O)O)OC(=O)C(C)O)C(=O)O.[NaH].[NaH]. The molecule has 0 aliphatic carbocycles. The zero-order valence-corrected chi connectivity index (χ0v) is 27.6. The molecule has 0 aliphatic heterocycles. The Labute approximate surface area is 343 Å². The topological polar surface area (TPSA) is 463 Å². The molecule has 0 bridgehead atoms. The van der Waals surface area contributed by atoms with Gasteiger partial charge in [0.05, 0.1) is 25.7 Å². The van der Waals surface area contributed by atoms with Gasteiger partial charge in [-0.15, -0.1) is 0 Å². The first-order chi connectivity index (χ1) is 23.4. The van der Waals surface area contributed by atoms with Crippen LogP contribution in [0.5, 0.6) is 0 Å². The second-order valence-corrected chi connectivity index (χ2v) is 12.8. The van der Waals surface area contributed by atoms with Gasteiger partial charge < -0.3 is 69.2 Å². The molecule has 0 aliphatic rings. The average Bonchev–Trinajstić information content (AvgIpc) is 2.92. The van der Waals surface area contributed by atoms with Gasteiger partial charge in [0.2, 0.25) is 12.2 Å². The summed E-state index contributed by atoms with van der Waals surface area (Å²) in [5, 5.41) is 94.0. The molecule has 0 saturated carbocycles. The normalized spacial score (nSPS) is 17.4. The first kappa shape index (κ1) is 55.3. The van der Waals surface area contributed by atoms with Gasteiger partial charge in [-0.25, -0.2) is 46.9 Å². The van der Waals surface area contributed by atoms with E-state index in [1.807, 2.05) is 0 Å². The van der Waals surface area contributed by atoms with Crippen molar-refractivity contribution < 1.29 is 135 Å². The Morgan fingerprint density at radius 2 is 0.778 bits per heavy atom. The summed E-state index contributed by atoms with van der Waals surface area (Å²) < 4.78 is 51.6. The zero-order valence-electron chi connectivity index (χ0n) is 25.9. The van der Waals surface area contributed by atoms with E-state index in [-0.39, 0.29) is 59.1 Å². The first-order valence-corrected chi connectivity index (χ1v) is 16.0. The molecule has 0 aromatic heterocycles. The van der Waals surface area contributed by atoms with Crippen molar-refractivity contribution in [1.82, 2.24) is 0 Å². The Bertz CT molecular complexity index is 1460. The van der Waals surface area contributed by atoms with Gasteiger partial charge in [-0.2, -0.15) is 0 Å². The Balaban J connectivity index is -0.0000130. The average molecular weight is 850 g/mol. The molecule has 0 saturated heterocycles. The van der Waals surface area contributed by atoms with Crippen LogP contribution >= 0.6 is 15.6 Å². The summed E-state index contributed by atoms with van der Waals surface area (Å²) in [4.78, 5) is 118. The molecule has 8 unspecified atom stereocenters. The van der Waals surface area contributed by atoms with Crippen LogP contribution in [0.4, 0.5) is 0 Å². The van der Waals surface area contributed by atoms with E-state index < -0.39 is 137 Å². The second-order valence-electron chi connectivity index (χ2n) is 9.89. The van der Waals surface area contributed by atoms with Gasteiger partial charge in [0.1, 0.15) is 12.2 Å². The van der Waals surface area contributed by atoms with Crippen molar-refractivity contribution >= 4 is 134 Å². The monoisotopic (exact) mass is 850 g/mol. The van der Waals surface area contributed by atoms with E-state index in [1.165, 1.54) is 0 Å². The molecular formula is C22H30Na2O28P2. The van der Waals surface area contributed by atoms with Crippen LogP contribution in [-0.4, -0.2) is 205 Å². The Morgan fingerprint density at radius 1 is 0.519 bits per heavy atom. The van der Waals surface area contributed by atoms with Crippen LogP contribution in [0.2, 0.25) is 0 Å². The van der Waals surface area contributed by atoms with Crippen molar-refractivity contribution in [2.45, 2.75) is 75.1 Å². The number of aliphatic hydroxyl groups excluding tert-OH is 2. The number of hydrogen-bond acceptors (Lipinski definition) is 22. The van der Waals surface area contributed by atoms with Gasteiger partial charge in [-0.3, -0.25) is 19.2 Å². The van der Waals surface area contributed by atoms with Crippen LogP contribution in [0, 0.1) is 0 Å². The van der Waals surface area contributed by atoms with Gasteiger partial charge in [0.15, 0.2) is 11.2 Å². The van der Waals surface area contributed by atoms with Gasteiger partial charge in [0, 0.05) is 0 Å². The van der Waals surface area contributed by atoms with E-state index >= 15 is 0 Å². The summed E-state index contributed by atoms with van der Waals surface area (Å²) in [5.41, 5.74) is -7.16. The quantitative estimate of drug-likeness (QED) is 0.0340. The van der Waals surface area contributed by atoms with Crippen LogP contribution in [0.1, 0.15) is 39.5 Å². The molecule has 54 heavy (non-hydrogen) atoms. The molecule has 32 heteroatoms. The minimum atomic E-state index is -6.46. The van der Waals surface area contributed by atoms with Crippen molar-refractivity contribution in [3.8, 4) is 0 Å². The van der Waals surface area contributed by atoms with Gasteiger partial charge >= 0.3 is 134 Å². The molecule has 0 rings (SSSR count). The molecule has 0 aromatic carbocycles. The van der Waals surface area contributed by atoms with Crippen LogP contribution in [0.25, 0.3) is 0 Å². The van der Waals surface area contributed by atoms with E-state index in [1.54, 1.807) is 0 Å². The van der Waals surface area contributed by atoms with E-state index in [4.69, 9.17) is 20.4 Å². The predicted octanol–water partition coefficient (Wildman–Crippen LogP) is -4.86. The van der Waals surface area contributed by atoms with Crippen molar-refractivity contribution in [1.29, 1.82) is 0 Å². The molecule has 298 valence electrons. The number of carboxylic acids is 6. The third kappa shape index (κ3) is 18.0. The summed E-state index contributed by atoms with van der Waals surface area (Å²) in [6.07, 6.45) is -19.6. The number of rotatable bonds is 23. The number of carbonyl (C=O) groups is 10. The Hall–Kier alpha value is -3.08. The van der Waals surface area contributed by atoms with Crippen molar-refractivity contribution in [3.63, 3.8) is 0 Å². The van der Waals surface area contributed by atoms with Gasteiger partial charge in [0.25, 0.3) is 0 Å². The fourth-order valence-electron chi connectivity index (χ4n) is 2.95. The van der Waals surface area contributed by atoms with Crippen molar-refractivity contribution in [2.75, 3.05) is 0 Å². The molecule has 28 nitrogen and oxygen atoms in total. The first-order valence-electron chi connectivity index (χ1n) is 13.1. The fourth-order valence-corrected chi connectivity index (χ4v) is 5.53. The van der Waals surface area contributed by atoms with Crippen LogP contribution in [-0.2, 0) is 84.2 Å².